The molecular weight excluding hydrogens is 270 g/mol. The van der Waals surface area contributed by atoms with Crippen LogP contribution in [-0.4, -0.2) is 42.1 Å². The highest BCUT2D eigenvalue weighted by Gasteiger charge is 2.26. The zero-order chi connectivity index (χ0) is 15.4. The molecule has 6 nitrogen and oxygen atoms in total. The Hall–Kier alpha value is -2.11. The number of carboxylic acids is 1. The Morgan fingerprint density at radius 2 is 1.95 bits per heavy atom. The third-order valence-electron chi connectivity index (χ3n) is 3.88. The predicted octanol–water partition coefficient (Wildman–Crippen LogP) is 1.52. The summed E-state index contributed by atoms with van der Waals surface area (Å²) in [6.45, 7) is 0. The van der Waals surface area contributed by atoms with E-state index in [2.05, 4.69) is 10.3 Å². The van der Waals surface area contributed by atoms with Gasteiger partial charge in [0, 0.05) is 31.9 Å². The molecule has 1 aromatic rings. The second-order valence-electron chi connectivity index (χ2n) is 5.66. The van der Waals surface area contributed by atoms with Gasteiger partial charge >= 0.3 is 5.97 Å². The number of aromatic nitrogens is 1. The fraction of sp³-hybridized carbons (Fsp3) is 0.533. The van der Waals surface area contributed by atoms with Crippen LogP contribution < -0.4 is 10.2 Å². The van der Waals surface area contributed by atoms with Gasteiger partial charge in [0.1, 0.15) is 5.82 Å². The smallest absolute Gasteiger partial charge is 0.306 e. The van der Waals surface area contributed by atoms with E-state index in [-0.39, 0.29) is 17.9 Å². The number of carbonyl (C=O) groups is 2. The van der Waals surface area contributed by atoms with Crippen molar-refractivity contribution in [1.82, 2.24) is 10.3 Å². The second kappa shape index (κ2) is 6.56. The Bertz CT molecular complexity index is 523. The van der Waals surface area contributed by atoms with Gasteiger partial charge in [0.2, 0.25) is 0 Å². The van der Waals surface area contributed by atoms with Crippen molar-refractivity contribution in [1.29, 1.82) is 0 Å². The molecule has 1 heterocycles. The molecule has 0 radical (unpaired) electrons. The lowest BCUT2D eigenvalue weighted by Crippen LogP contribution is -2.38. The monoisotopic (exact) mass is 291 g/mol. The molecule has 2 N–H and O–H groups in total. The third-order valence-corrected chi connectivity index (χ3v) is 3.88. The number of hydrogen-bond acceptors (Lipinski definition) is 4. The zero-order valence-electron chi connectivity index (χ0n) is 12.4. The first-order chi connectivity index (χ1) is 9.97. The number of anilines is 1. The van der Waals surface area contributed by atoms with E-state index in [1.54, 1.807) is 18.3 Å². The highest BCUT2D eigenvalue weighted by Crippen LogP contribution is 2.24. The number of nitrogens with one attached hydrogen (secondary N) is 1. The maximum Gasteiger partial charge on any atom is 0.306 e. The Labute approximate surface area is 124 Å². The lowest BCUT2D eigenvalue weighted by Gasteiger charge is -2.26. The van der Waals surface area contributed by atoms with Crippen molar-refractivity contribution < 1.29 is 14.7 Å². The Balaban J connectivity index is 1.93. The number of rotatable bonds is 4. The van der Waals surface area contributed by atoms with E-state index in [1.807, 2.05) is 19.0 Å². The van der Waals surface area contributed by atoms with E-state index in [1.165, 1.54) is 0 Å². The third kappa shape index (κ3) is 3.93. The van der Waals surface area contributed by atoms with Gasteiger partial charge in [0.05, 0.1) is 5.92 Å². The van der Waals surface area contributed by atoms with Gasteiger partial charge < -0.3 is 15.3 Å². The lowest BCUT2D eigenvalue weighted by atomic mass is 9.86. The average Bonchev–Trinajstić information content (AvgIpc) is 2.48. The standard InChI is InChI=1S/C15H21N3O3/c1-18(2)13-9-11(7-8-16-13)14(19)17-12-5-3-10(4-6-12)15(20)21/h7-10,12H,3-6H2,1-2H3,(H,17,19)(H,20,21). The molecule has 0 spiro atoms. The van der Waals surface area contributed by atoms with Gasteiger partial charge in [-0.1, -0.05) is 0 Å². The van der Waals surface area contributed by atoms with Crippen LogP contribution in [0.25, 0.3) is 0 Å². The van der Waals surface area contributed by atoms with Crippen molar-refractivity contribution in [3.05, 3.63) is 23.9 Å². The number of carbonyl (C=O) groups excluding carboxylic acids is 1. The average molecular weight is 291 g/mol. The van der Waals surface area contributed by atoms with Crippen LogP contribution in [0.4, 0.5) is 5.82 Å². The first kappa shape index (κ1) is 15.3. The number of nitrogens with zero attached hydrogens (tertiary/aromatic N) is 2. The molecule has 1 aromatic heterocycles. The highest BCUT2D eigenvalue weighted by molar-refractivity contribution is 5.95. The molecule has 0 aliphatic heterocycles. The van der Waals surface area contributed by atoms with Crippen LogP contribution in [0.15, 0.2) is 18.3 Å². The quantitative estimate of drug-likeness (QED) is 0.879. The first-order valence-corrected chi connectivity index (χ1v) is 7.14. The largest absolute Gasteiger partial charge is 0.481 e. The van der Waals surface area contributed by atoms with E-state index in [0.717, 1.165) is 5.82 Å². The van der Waals surface area contributed by atoms with Crippen LogP contribution >= 0.6 is 0 Å². The summed E-state index contributed by atoms with van der Waals surface area (Å²) < 4.78 is 0. The van der Waals surface area contributed by atoms with Crippen LogP contribution in [0.2, 0.25) is 0 Å². The highest BCUT2D eigenvalue weighted by atomic mass is 16.4. The van der Waals surface area contributed by atoms with Crippen LogP contribution in [0.3, 0.4) is 0 Å². The van der Waals surface area contributed by atoms with Crippen LogP contribution in [0, 0.1) is 5.92 Å². The van der Waals surface area contributed by atoms with Crippen molar-refractivity contribution in [2.45, 2.75) is 31.7 Å². The topological polar surface area (TPSA) is 82.5 Å². The molecular formula is C15H21N3O3. The van der Waals surface area contributed by atoms with E-state index in [0.29, 0.717) is 31.2 Å². The van der Waals surface area contributed by atoms with Gasteiger partial charge in [-0.05, 0) is 37.8 Å². The van der Waals surface area contributed by atoms with Gasteiger partial charge in [-0.2, -0.15) is 0 Å². The molecule has 1 fully saturated rings. The van der Waals surface area contributed by atoms with Crippen LogP contribution in [0.5, 0.6) is 0 Å². The van der Waals surface area contributed by atoms with Gasteiger partial charge in [-0.3, -0.25) is 9.59 Å². The predicted molar refractivity (Wildman–Crippen MR) is 79.4 cm³/mol. The van der Waals surface area contributed by atoms with Gasteiger partial charge in [0.25, 0.3) is 5.91 Å². The summed E-state index contributed by atoms with van der Waals surface area (Å²) in [5.41, 5.74) is 0.578. The number of pyridine rings is 1. The van der Waals surface area contributed by atoms with E-state index in [9.17, 15) is 9.59 Å². The van der Waals surface area contributed by atoms with E-state index in [4.69, 9.17) is 5.11 Å². The molecule has 0 bridgehead atoms. The molecule has 1 saturated carbocycles. The molecule has 1 aliphatic rings. The minimum atomic E-state index is -0.732. The zero-order valence-corrected chi connectivity index (χ0v) is 12.4. The van der Waals surface area contributed by atoms with Crippen molar-refractivity contribution in [2.24, 2.45) is 5.92 Å². The van der Waals surface area contributed by atoms with Crippen LogP contribution in [0.1, 0.15) is 36.0 Å². The molecule has 21 heavy (non-hydrogen) atoms. The second-order valence-corrected chi connectivity index (χ2v) is 5.66. The Morgan fingerprint density at radius 1 is 1.29 bits per heavy atom. The molecule has 1 amide bonds. The van der Waals surface area contributed by atoms with Crippen molar-refractivity contribution in [3.63, 3.8) is 0 Å². The number of aliphatic carboxylic acids is 1. The number of carboxylic acid groups (broad SMARTS) is 1. The maximum atomic E-state index is 12.2. The molecule has 1 aliphatic carbocycles. The van der Waals surface area contributed by atoms with Crippen LogP contribution in [-0.2, 0) is 4.79 Å². The van der Waals surface area contributed by atoms with Crippen molar-refractivity contribution in [3.8, 4) is 0 Å². The fourth-order valence-electron chi connectivity index (χ4n) is 2.56. The summed E-state index contributed by atoms with van der Waals surface area (Å²) in [5, 5.41) is 12.0. The van der Waals surface area contributed by atoms with Gasteiger partial charge in [-0.15, -0.1) is 0 Å². The normalized spacial score (nSPS) is 21.6. The Morgan fingerprint density at radius 3 is 2.52 bits per heavy atom. The van der Waals surface area contributed by atoms with E-state index < -0.39 is 5.97 Å². The maximum absolute atomic E-state index is 12.2. The van der Waals surface area contributed by atoms with Crippen molar-refractivity contribution in [2.75, 3.05) is 19.0 Å². The molecule has 6 heteroatoms. The SMILES string of the molecule is CN(C)c1cc(C(=O)NC2CCC(C(=O)O)CC2)ccn1. The number of hydrogen-bond donors (Lipinski definition) is 2. The molecule has 114 valence electrons. The first-order valence-electron chi connectivity index (χ1n) is 7.14. The van der Waals surface area contributed by atoms with E-state index >= 15 is 0 Å². The molecule has 2 rings (SSSR count). The fourth-order valence-corrected chi connectivity index (χ4v) is 2.56. The summed E-state index contributed by atoms with van der Waals surface area (Å²) in [6, 6.07) is 3.49. The van der Waals surface area contributed by atoms with Gasteiger partial charge in [-0.25, -0.2) is 4.98 Å². The molecule has 0 atom stereocenters. The summed E-state index contributed by atoms with van der Waals surface area (Å²) in [7, 11) is 3.74. The Kier molecular flexibility index (Phi) is 4.77. The lowest BCUT2D eigenvalue weighted by molar-refractivity contribution is -0.142. The minimum absolute atomic E-state index is 0.0593. The summed E-state index contributed by atoms with van der Waals surface area (Å²) in [4.78, 5) is 29.2. The number of amides is 1. The molecule has 0 saturated heterocycles. The minimum Gasteiger partial charge on any atom is -0.481 e. The molecule has 0 unspecified atom stereocenters. The summed E-state index contributed by atoms with van der Waals surface area (Å²) in [6.07, 6.45) is 4.30. The summed E-state index contributed by atoms with van der Waals surface area (Å²) in [5.74, 6) is -0.388. The molecule has 0 aromatic carbocycles. The van der Waals surface area contributed by atoms with Gasteiger partial charge in [0.15, 0.2) is 0 Å². The van der Waals surface area contributed by atoms with Crippen molar-refractivity contribution >= 4 is 17.7 Å². The summed E-state index contributed by atoms with van der Waals surface area (Å²) >= 11 is 0.